The summed E-state index contributed by atoms with van der Waals surface area (Å²) < 4.78 is -0.676. The van der Waals surface area contributed by atoms with E-state index in [-0.39, 0.29) is 31.1 Å². The van der Waals surface area contributed by atoms with Gasteiger partial charge in [-0.2, -0.15) is 0 Å². The molecule has 0 bridgehead atoms. The molecule has 10 rings (SSSR count). The molecule has 6 aromatic carbocycles. The Labute approximate surface area is 333 Å². The van der Waals surface area contributed by atoms with Gasteiger partial charge in [0.2, 0.25) is 0 Å². The molecular weight excluding hydrogens is 767 g/mol. The van der Waals surface area contributed by atoms with Gasteiger partial charge < -0.3 is 0 Å². The fraction of sp³-hybridized carbons (Fsp3) is 0.0417. The van der Waals surface area contributed by atoms with Crippen molar-refractivity contribution in [3.63, 3.8) is 0 Å². The molecule has 0 fully saturated rings. The first-order chi connectivity index (χ1) is 25.2. The molecule has 2 atom stereocenters. The minimum absolute atomic E-state index is 0. The van der Waals surface area contributed by atoms with E-state index in [1.54, 1.807) is 0 Å². The summed E-state index contributed by atoms with van der Waals surface area (Å²) in [6.07, 6.45) is 13.7. The van der Waals surface area contributed by atoms with Crippen LogP contribution in [0.1, 0.15) is 33.6 Å². The molecule has 8 aromatic rings. The fourth-order valence-electron chi connectivity index (χ4n) is 8.29. The Morgan fingerprint density at radius 1 is 0.396 bits per heavy atom. The molecule has 0 saturated heterocycles. The Balaban J connectivity index is 0.00000200. The summed E-state index contributed by atoms with van der Waals surface area (Å²) in [4.78, 5) is 10.3. The van der Waals surface area contributed by atoms with Crippen LogP contribution in [-0.2, 0) is 29.5 Å². The van der Waals surface area contributed by atoms with Gasteiger partial charge in [0.15, 0.2) is 0 Å². The van der Waals surface area contributed by atoms with Crippen molar-refractivity contribution < 1.29 is 23.2 Å². The molecule has 0 radical (unpaired) electrons. The summed E-state index contributed by atoms with van der Waals surface area (Å²) >= 11 is -1.66. The Kier molecular flexibility index (Phi) is 9.37. The van der Waals surface area contributed by atoms with E-state index in [9.17, 15) is 0 Å². The van der Waals surface area contributed by atoms with Gasteiger partial charge in [-0.05, 0) is 0 Å². The minimum atomic E-state index is -1.66. The summed E-state index contributed by atoms with van der Waals surface area (Å²) in [5, 5.41) is 5.03. The quantitative estimate of drug-likeness (QED) is 0.167. The predicted octanol–water partition coefficient (Wildman–Crippen LogP) is 12.3. The van der Waals surface area contributed by atoms with Gasteiger partial charge in [-0.15, -0.1) is 24.8 Å². The largest absolute Gasteiger partial charge is 0.147 e. The number of hydrogen-bond donors (Lipinski definition) is 0. The van der Waals surface area contributed by atoms with Crippen molar-refractivity contribution in [1.82, 2.24) is 9.97 Å². The molecule has 254 valence electrons. The average Bonchev–Trinajstić information content (AvgIpc) is 3.78. The van der Waals surface area contributed by atoms with E-state index in [2.05, 4.69) is 170 Å². The first-order valence-electron chi connectivity index (χ1n) is 17.5. The van der Waals surface area contributed by atoms with Crippen molar-refractivity contribution in [3.8, 4) is 22.3 Å². The van der Waals surface area contributed by atoms with Gasteiger partial charge in [0.1, 0.15) is 0 Å². The summed E-state index contributed by atoms with van der Waals surface area (Å²) in [6.45, 7) is 0. The number of benzene rings is 6. The Bertz CT molecular complexity index is 2510. The van der Waals surface area contributed by atoms with E-state index < -0.39 is 23.2 Å². The first-order valence-corrected chi connectivity index (χ1v) is 19.9. The van der Waals surface area contributed by atoms with Crippen LogP contribution in [0.2, 0.25) is 0 Å². The van der Waals surface area contributed by atoms with Crippen LogP contribution in [0.3, 0.4) is 0 Å². The average molecular weight is 801 g/mol. The van der Waals surface area contributed by atoms with Crippen molar-refractivity contribution in [2.24, 2.45) is 0 Å². The van der Waals surface area contributed by atoms with E-state index in [4.69, 9.17) is 9.97 Å². The summed E-state index contributed by atoms with van der Waals surface area (Å²) in [5.74, 6) is 0. The van der Waals surface area contributed by atoms with E-state index in [0.29, 0.717) is 0 Å². The second kappa shape index (κ2) is 14.1. The molecule has 2 nitrogen and oxygen atoms in total. The van der Waals surface area contributed by atoms with Crippen LogP contribution >= 0.6 is 24.8 Å². The molecule has 2 aliphatic rings. The van der Waals surface area contributed by atoms with Crippen LogP contribution in [-0.4, -0.2) is 9.97 Å². The molecule has 0 aliphatic heterocycles. The third-order valence-electron chi connectivity index (χ3n) is 10.7. The fourth-order valence-corrected chi connectivity index (χ4v) is 13.7. The summed E-state index contributed by atoms with van der Waals surface area (Å²) in [7, 11) is 0. The van der Waals surface area contributed by atoms with Gasteiger partial charge in [-0.3, -0.25) is 0 Å². The Morgan fingerprint density at radius 3 is 1.26 bits per heavy atom. The molecule has 0 N–H and O–H groups in total. The summed E-state index contributed by atoms with van der Waals surface area (Å²) in [6, 6.07) is 57.5. The number of halogens is 2. The molecule has 2 aliphatic carbocycles. The van der Waals surface area contributed by atoms with Crippen molar-refractivity contribution in [3.05, 3.63) is 216 Å². The normalized spacial score (nSPS) is 17.9. The smallest absolute Gasteiger partial charge is 0.147 e. The van der Waals surface area contributed by atoms with E-state index in [1.807, 2.05) is 24.5 Å². The van der Waals surface area contributed by atoms with Crippen molar-refractivity contribution >= 4 is 58.5 Å². The number of aromatic nitrogens is 2. The molecule has 2 heterocycles. The number of fused-ring (bicyclic) bond motifs is 4. The van der Waals surface area contributed by atoms with Crippen LogP contribution < -0.4 is 0 Å². The van der Waals surface area contributed by atoms with Crippen LogP contribution in [0.25, 0.3) is 56.0 Å². The van der Waals surface area contributed by atoms with Gasteiger partial charge in [-0.25, -0.2) is 0 Å². The second-order valence-electron chi connectivity index (χ2n) is 13.5. The zero-order valence-electron chi connectivity index (χ0n) is 28.7. The Morgan fingerprint density at radius 2 is 0.830 bits per heavy atom. The van der Waals surface area contributed by atoms with Crippen LogP contribution in [0.15, 0.2) is 182 Å². The third kappa shape index (κ3) is 5.74. The van der Waals surface area contributed by atoms with Gasteiger partial charge in [-0.1, -0.05) is 0 Å². The van der Waals surface area contributed by atoms with Crippen LogP contribution in [0.5, 0.6) is 0 Å². The molecule has 0 spiro atoms. The van der Waals surface area contributed by atoms with E-state index in [1.165, 1.54) is 66.1 Å². The minimum Gasteiger partial charge on any atom is -0.147 e. The SMILES string of the molecule is C1=C[C]([Zr][C]2(c3ccccn3)C=Cc3c(-c4ccc5ccccc5c4)cccc32)(c2ccccn2)c2cccc(-c3ccc4ccccc4c3)c21.Cl.Cl. The number of rotatable bonds is 6. The molecule has 2 unspecified atom stereocenters. The molecule has 0 saturated carbocycles. The van der Waals surface area contributed by atoms with Crippen LogP contribution in [0, 0.1) is 0 Å². The predicted molar refractivity (Wildman–Crippen MR) is 221 cm³/mol. The maximum atomic E-state index is 5.14. The maximum absolute atomic E-state index is 5.14. The standard InChI is InChI=1S/2C24H16N.2ClH.Zr/c2*1-2-7-18-16-19(12-11-17(18)6-1)20-8-5-9-21-22(20)13-14-23(21)24-10-3-4-15-25-24;;;/h2*1-16H;2*1H;. The zero-order chi connectivity index (χ0) is 33.8. The maximum Gasteiger partial charge on any atom is -0.147 e. The number of hydrogen-bond acceptors (Lipinski definition) is 2. The number of allylic oxidation sites excluding steroid dienone is 2. The van der Waals surface area contributed by atoms with E-state index >= 15 is 0 Å². The molecule has 0 amide bonds. The van der Waals surface area contributed by atoms with Crippen molar-refractivity contribution in [2.75, 3.05) is 0 Å². The molecular formula is C48H34Cl2N2Zr. The first kappa shape index (κ1) is 35.1. The van der Waals surface area contributed by atoms with Crippen molar-refractivity contribution in [2.45, 2.75) is 6.25 Å². The van der Waals surface area contributed by atoms with Gasteiger partial charge >= 0.3 is 311 Å². The monoisotopic (exact) mass is 798 g/mol. The van der Waals surface area contributed by atoms with Gasteiger partial charge in [0.05, 0.1) is 0 Å². The topological polar surface area (TPSA) is 25.8 Å². The third-order valence-corrected chi connectivity index (χ3v) is 16.1. The van der Waals surface area contributed by atoms with Crippen LogP contribution in [0.4, 0.5) is 0 Å². The number of pyridine rings is 2. The Hall–Kier alpha value is -4.92. The van der Waals surface area contributed by atoms with Gasteiger partial charge in [0.25, 0.3) is 0 Å². The molecule has 2 aromatic heterocycles. The molecule has 5 heteroatoms. The second-order valence-corrected chi connectivity index (χ2v) is 18.0. The zero-order valence-corrected chi connectivity index (χ0v) is 32.8. The van der Waals surface area contributed by atoms with E-state index in [0.717, 1.165) is 11.4 Å². The van der Waals surface area contributed by atoms with Gasteiger partial charge in [0, 0.05) is 0 Å². The summed E-state index contributed by atoms with van der Waals surface area (Å²) in [5.41, 5.74) is 12.5. The van der Waals surface area contributed by atoms with Crippen molar-refractivity contribution in [1.29, 1.82) is 0 Å². The number of nitrogens with zero attached hydrogens (tertiary/aromatic N) is 2. The molecule has 53 heavy (non-hydrogen) atoms.